The highest BCUT2D eigenvalue weighted by Gasteiger charge is 2.08. The van der Waals surface area contributed by atoms with E-state index < -0.39 is 0 Å². The number of ether oxygens (including phenoxy) is 1. The Balaban J connectivity index is 2.51. The number of rotatable bonds is 4. The smallest absolute Gasteiger partial charge is 0.150 e. The Bertz CT molecular complexity index is 559. The normalized spacial score (nSPS) is 10.1. The molecule has 0 bridgehead atoms. The maximum atomic E-state index is 10.8. The average molecular weight is 240 g/mol. The molecule has 0 aliphatic rings. The van der Waals surface area contributed by atoms with Crippen LogP contribution in [0.1, 0.15) is 22.8 Å². The van der Waals surface area contributed by atoms with Crippen LogP contribution in [0.15, 0.2) is 42.5 Å². The van der Waals surface area contributed by atoms with Gasteiger partial charge < -0.3 is 4.74 Å². The maximum absolute atomic E-state index is 10.8. The molecule has 0 fully saturated rings. The van der Waals surface area contributed by atoms with Gasteiger partial charge in [0.05, 0.1) is 6.61 Å². The van der Waals surface area contributed by atoms with Crippen molar-refractivity contribution < 1.29 is 9.53 Å². The largest absolute Gasteiger partial charge is 0.493 e. The van der Waals surface area contributed by atoms with Gasteiger partial charge >= 0.3 is 0 Å². The zero-order valence-corrected chi connectivity index (χ0v) is 10.6. The van der Waals surface area contributed by atoms with Crippen molar-refractivity contribution in [3.05, 3.63) is 53.6 Å². The van der Waals surface area contributed by atoms with Crippen molar-refractivity contribution >= 4 is 6.29 Å². The van der Waals surface area contributed by atoms with Gasteiger partial charge in [-0.1, -0.05) is 30.3 Å². The Hall–Kier alpha value is -2.09. The molecule has 2 rings (SSSR count). The van der Waals surface area contributed by atoms with Gasteiger partial charge in [0.1, 0.15) is 12.0 Å². The second-order valence-corrected chi connectivity index (χ2v) is 4.12. The zero-order chi connectivity index (χ0) is 13.0. The predicted octanol–water partition coefficient (Wildman–Crippen LogP) is 3.87. The van der Waals surface area contributed by atoms with Crippen molar-refractivity contribution in [3.63, 3.8) is 0 Å². The van der Waals surface area contributed by atoms with Gasteiger partial charge in [-0.3, -0.25) is 4.79 Å². The molecule has 0 aromatic heterocycles. The third-order valence-corrected chi connectivity index (χ3v) is 2.86. The highest BCUT2D eigenvalue weighted by atomic mass is 16.5. The van der Waals surface area contributed by atoms with E-state index in [0.29, 0.717) is 12.2 Å². The number of aldehydes is 1. The first kappa shape index (κ1) is 12.4. The number of hydrogen-bond donors (Lipinski definition) is 0. The van der Waals surface area contributed by atoms with E-state index in [2.05, 4.69) is 0 Å². The lowest BCUT2D eigenvalue weighted by Gasteiger charge is -2.12. The van der Waals surface area contributed by atoms with Crippen LogP contribution in [0.5, 0.6) is 5.75 Å². The summed E-state index contributed by atoms with van der Waals surface area (Å²) in [6, 6.07) is 13.6. The highest BCUT2D eigenvalue weighted by molar-refractivity contribution is 5.80. The minimum Gasteiger partial charge on any atom is -0.493 e. The lowest BCUT2D eigenvalue weighted by Crippen LogP contribution is -1.95. The van der Waals surface area contributed by atoms with Crippen LogP contribution >= 0.6 is 0 Å². The first-order valence-electron chi connectivity index (χ1n) is 6.04. The Morgan fingerprint density at radius 1 is 1.11 bits per heavy atom. The van der Waals surface area contributed by atoms with Gasteiger partial charge in [0.15, 0.2) is 0 Å². The summed E-state index contributed by atoms with van der Waals surface area (Å²) in [5.74, 6) is 0.877. The third kappa shape index (κ3) is 2.43. The van der Waals surface area contributed by atoms with Crippen LogP contribution < -0.4 is 4.74 Å². The molecule has 0 N–H and O–H groups in total. The number of para-hydroxylation sites is 1. The third-order valence-electron chi connectivity index (χ3n) is 2.86. The molecule has 92 valence electrons. The van der Waals surface area contributed by atoms with Crippen LogP contribution in [0, 0.1) is 6.92 Å². The van der Waals surface area contributed by atoms with Crippen LogP contribution in [0.25, 0.3) is 11.1 Å². The molecule has 0 atom stereocenters. The molecule has 0 amide bonds. The molecule has 2 aromatic carbocycles. The fourth-order valence-corrected chi connectivity index (χ4v) is 2.03. The number of carbonyl (C=O) groups is 1. The summed E-state index contributed by atoms with van der Waals surface area (Å²) >= 11 is 0. The van der Waals surface area contributed by atoms with Gasteiger partial charge in [0.2, 0.25) is 0 Å². The summed E-state index contributed by atoms with van der Waals surface area (Å²) < 4.78 is 5.63. The zero-order valence-electron chi connectivity index (χ0n) is 10.6. The lowest BCUT2D eigenvalue weighted by atomic mass is 9.98. The summed E-state index contributed by atoms with van der Waals surface area (Å²) in [4.78, 5) is 10.8. The van der Waals surface area contributed by atoms with Gasteiger partial charge in [0.25, 0.3) is 0 Å². The van der Waals surface area contributed by atoms with E-state index >= 15 is 0 Å². The quantitative estimate of drug-likeness (QED) is 0.758. The Labute approximate surface area is 107 Å². The molecule has 2 aromatic rings. The number of aryl methyl sites for hydroxylation is 1. The number of benzene rings is 2. The van der Waals surface area contributed by atoms with E-state index in [1.165, 1.54) is 0 Å². The van der Waals surface area contributed by atoms with Crippen LogP contribution in [0.2, 0.25) is 0 Å². The molecular formula is C16H16O2. The number of carbonyl (C=O) groups excluding carboxylic acids is 1. The fourth-order valence-electron chi connectivity index (χ4n) is 2.03. The summed E-state index contributed by atoms with van der Waals surface area (Å²) in [7, 11) is 0. The first-order chi connectivity index (χ1) is 8.76. The molecule has 0 unspecified atom stereocenters. The summed E-state index contributed by atoms with van der Waals surface area (Å²) in [6.07, 6.45) is 0.866. The first-order valence-corrected chi connectivity index (χ1v) is 6.04. The predicted molar refractivity (Wildman–Crippen MR) is 73.2 cm³/mol. The molecule has 0 aliphatic carbocycles. The number of hydrogen-bond acceptors (Lipinski definition) is 2. The van der Waals surface area contributed by atoms with Gasteiger partial charge in [-0.25, -0.2) is 0 Å². The molecule has 0 aliphatic heterocycles. The van der Waals surface area contributed by atoms with Crippen LogP contribution in [0.4, 0.5) is 0 Å². The summed E-state index contributed by atoms with van der Waals surface area (Å²) in [5.41, 5.74) is 3.94. The molecule has 0 saturated heterocycles. The summed E-state index contributed by atoms with van der Waals surface area (Å²) in [6.45, 7) is 4.62. The highest BCUT2D eigenvalue weighted by Crippen LogP contribution is 2.32. The molecule has 0 spiro atoms. The van der Waals surface area contributed by atoms with Crippen LogP contribution in [-0.2, 0) is 0 Å². The van der Waals surface area contributed by atoms with E-state index in [0.717, 1.165) is 28.7 Å². The Morgan fingerprint density at radius 3 is 2.56 bits per heavy atom. The molecule has 0 radical (unpaired) electrons. The van der Waals surface area contributed by atoms with Crippen LogP contribution in [0.3, 0.4) is 0 Å². The van der Waals surface area contributed by atoms with Gasteiger partial charge in [-0.2, -0.15) is 0 Å². The van der Waals surface area contributed by atoms with Gasteiger partial charge in [-0.05, 0) is 37.1 Å². The van der Waals surface area contributed by atoms with Crippen molar-refractivity contribution in [2.75, 3.05) is 6.61 Å². The molecular weight excluding hydrogens is 224 g/mol. The molecule has 2 heteroatoms. The standard InChI is InChI=1S/C16H16O2/c1-3-18-16-7-5-4-6-15(16)14-9-8-13(11-17)10-12(14)2/h4-11H,3H2,1-2H3. The summed E-state index contributed by atoms with van der Waals surface area (Å²) in [5, 5.41) is 0. The van der Waals surface area contributed by atoms with Crippen molar-refractivity contribution in [1.29, 1.82) is 0 Å². The van der Waals surface area contributed by atoms with Crippen molar-refractivity contribution in [2.24, 2.45) is 0 Å². The van der Waals surface area contributed by atoms with Gasteiger partial charge in [-0.15, -0.1) is 0 Å². The van der Waals surface area contributed by atoms with E-state index in [9.17, 15) is 4.79 Å². The van der Waals surface area contributed by atoms with Crippen LogP contribution in [-0.4, -0.2) is 12.9 Å². The molecule has 2 nitrogen and oxygen atoms in total. The van der Waals surface area contributed by atoms with Crippen molar-refractivity contribution in [3.8, 4) is 16.9 Å². The molecule has 0 saturated carbocycles. The second kappa shape index (κ2) is 5.50. The maximum Gasteiger partial charge on any atom is 0.150 e. The minimum atomic E-state index is 0.641. The average Bonchev–Trinajstić information content (AvgIpc) is 2.40. The Morgan fingerprint density at radius 2 is 1.89 bits per heavy atom. The van der Waals surface area contributed by atoms with E-state index in [4.69, 9.17) is 4.74 Å². The Kier molecular flexibility index (Phi) is 3.78. The van der Waals surface area contributed by atoms with E-state index in [-0.39, 0.29) is 0 Å². The van der Waals surface area contributed by atoms with E-state index in [1.807, 2.05) is 56.3 Å². The fraction of sp³-hybridized carbons (Fsp3) is 0.188. The van der Waals surface area contributed by atoms with E-state index in [1.54, 1.807) is 0 Å². The molecule has 18 heavy (non-hydrogen) atoms. The van der Waals surface area contributed by atoms with Crippen molar-refractivity contribution in [1.82, 2.24) is 0 Å². The second-order valence-electron chi connectivity index (χ2n) is 4.12. The topological polar surface area (TPSA) is 26.3 Å². The molecule has 0 heterocycles. The minimum absolute atomic E-state index is 0.641. The SMILES string of the molecule is CCOc1ccccc1-c1ccc(C=O)cc1C. The van der Waals surface area contributed by atoms with Crippen molar-refractivity contribution in [2.45, 2.75) is 13.8 Å². The monoisotopic (exact) mass is 240 g/mol. The van der Waals surface area contributed by atoms with Gasteiger partial charge in [0, 0.05) is 11.1 Å². The lowest BCUT2D eigenvalue weighted by molar-refractivity contribution is 0.112.